The van der Waals surface area contributed by atoms with Crippen LogP contribution in [0.5, 0.6) is 0 Å². The Hall–Kier alpha value is -0.0865. The number of thioether (sulfide) groups is 2. The molecule has 0 saturated carbocycles. The molecule has 0 spiro atoms. The third-order valence-corrected chi connectivity index (χ3v) is 11.3. The molecule has 2 aromatic rings. The summed E-state index contributed by atoms with van der Waals surface area (Å²) in [6.45, 7) is 10.5. The van der Waals surface area contributed by atoms with E-state index in [1.54, 1.807) is 23.5 Å². The normalized spacial score (nSPS) is 12.3. The van der Waals surface area contributed by atoms with Crippen molar-refractivity contribution in [1.82, 2.24) is 10.6 Å². The van der Waals surface area contributed by atoms with Gasteiger partial charge >= 0.3 is 0 Å². The van der Waals surface area contributed by atoms with E-state index in [0.717, 1.165) is 42.5 Å². The number of hydrogen-bond acceptors (Lipinski definition) is 8. The Bertz CT molecular complexity index is 906. The summed E-state index contributed by atoms with van der Waals surface area (Å²) in [6, 6.07) is 16.5. The van der Waals surface area contributed by atoms with Crippen molar-refractivity contribution in [1.29, 1.82) is 0 Å². The van der Waals surface area contributed by atoms with Crippen LogP contribution in [0.3, 0.4) is 0 Å². The second-order valence-corrected chi connectivity index (χ2v) is 13.6. The Morgan fingerprint density at radius 3 is 1.10 bits per heavy atom. The number of nitrogens with one attached hydrogen (secondary N) is 2. The fourth-order valence-corrected chi connectivity index (χ4v) is 6.89. The Kier molecular flexibility index (Phi) is 22.5. The van der Waals surface area contributed by atoms with Gasteiger partial charge < -0.3 is 61.1 Å². The third kappa shape index (κ3) is 14.6. The van der Waals surface area contributed by atoms with Crippen molar-refractivity contribution in [2.45, 2.75) is 77.0 Å². The molecule has 0 heterocycles. The van der Waals surface area contributed by atoms with Gasteiger partial charge in [-0.1, -0.05) is 76.2 Å². The van der Waals surface area contributed by atoms with Crippen LogP contribution in [0.25, 0.3) is 9.81 Å². The van der Waals surface area contributed by atoms with E-state index in [9.17, 15) is 0 Å². The zero-order chi connectivity index (χ0) is 28.5. The molecule has 0 aliphatic carbocycles. The molecular weight excluding hydrogens is 639 g/mol. The van der Waals surface area contributed by atoms with Crippen molar-refractivity contribution >= 4 is 83.8 Å². The van der Waals surface area contributed by atoms with E-state index in [1.165, 1.54) is 36.8 Å². The fourth-order valence-electron chi connectivity index (χ4n) is 3.53. The maximum Gasteiger partial charge on any atom is 0.0202 e. The van der Waals surface area contributed by atoms with Gasteiger partial charge in [-0.3, -0.25) is 0 Å². The molecule has 0 saturated heterocycles. The second-order valence-electron chi connectivity index (χ2n) is 8.80. The summed E-state index contributed by atoms with van der Waals surface area (Å²) >= 11 is 25.5. The molecule has 0 aromatic heterocycles. The maximum atomic E-state index is 5.55. The predicted octanol–water partition coefficient (Wildman–Crippen LogP) is 8.09. The molecular formula is C30H42N2NiS6-4. The first-order chi connectivity index (χ1) is 18.2. The van der Waals surface area contributed by atoms with Gasteiger partial charge in [-0.15, -0.1) is 0 Å². The Balaban J connectivity index is 0.000000762. The first-order valence-electron chi connectivity index (χ1n) is 13.2. The Morgan fingerprint density at radius 1 is 0.590 bits per heavy atom. The molecule has 0 atom stereocenters. The molecule has 0 aliphatic heterocycles. The minimum atomic E-state index is 0. The smallest absolute Gasteiger partial charge is 0.0202 e. The fraction of sp³-hybridized carbons (Fsp3) is 0.467. The van der Waals surface area contributed by atoms with Crippen molar-refractivity contribution < 1.29 is 16.5 Å². The third-order valence-electron chi connectivity index (χ3n) is 5.94. The molecule has 0 amide bonds. The van der Waals surface area contributed by atoms with Crippen LogP contribution in [0.15, 0.2) is 57.0 Å². The van der Waals surface area contributed by atoms with Crippen LogP contribution in [-0.4, -0.2) is 24.6 Å². The summed E-state index contributed by atoms with van der Waals surface area (Å²) in [6.07, 6.45) is 4.66. The molecule has 0 radical (unpaired) electrons. The van der Waals surface area contributed by atoms with E-state index < -0.39 is 0 Å². The Labute approximate surface area is 279 Å². The van der Waals surface area contributed by atoms with Gasteiger partial charge in [0.25, 0.3) is 0 Å². The van der Waals surface area contributed by atoms with E-state index in [-0.39, 0.29) is 16.5 Å². The first-order valence-corrected chi connectivity index (χ1v) is 16.6. The van der Waals surface area contributed by atoms with Crippen LogP contribution in [0.4, 0.5) is 0 Å². The van der Waals surface area contributed by atoms with Crippen LogP contribution < -0.4 is 10.6 Å². The number of benzene rings is 2. The van der Waals surface area contributed by atoms with Gasteiger partial charge in [0, 0.05) is 40.1 Å². The molecule has 222 valence electrons. The van der Waals surface area contributed by atoms with Crippen molar-refractivity contribution in [3.8, 4) is 0 Å². The van der Waals surface area contributed by atoms with Gasteiger partial charge in [-0.05, 0) is 62.0 Å². The zero-order valence-corrected chi connectivity index (χ0v) is 29.7. The Morgan fingerprint density at radius 2 is 0.872 bits per heavy atom. The summed E-state index contributed by atoms with van der Waals surface area (Å²) < 4.78 is 1.86. The monoisotopic (exact) mass is 680 g/mol. The van der Waals surface area contributed by atoms with Gasteiger partial charge in [0.2, 0.25) is 0 Å². The summed E-state index contributed by atoms with van der Waals surface area (Å²) in [4.78, 5) is 1.46. The van der Waals surface area contributed by atoms with E-state index in [4.69, 9.17) is 50.5 Å². The van der Waals surface area contributed by atoms with E-state index in [0.29, 0.717) is 10.5 Å². The van der Waals surface area contributed by atoms with Gasteiger partial charge in [-0.25, -0.2) is 0 Å². The summed E-state index contributed by atoms with van der Waals surface area (Å²) in [5.74, 6) is 0. The van der Waals surface area contributed by atoms with Crippen LogP contribution in [0, 0.1) is 0 Å². The molecule has 0 aliphatic rings. The van der Waals surface area contributed by atoms with Gasteiger partial charge in [-0.2, -0.15) is 41.8 Å². The van der Waals surface area contributed by atoms with E-state index in [1.807, 2.05) is 38.4 Å². The topological polar surface area (TPSA) is 24.1 Å². The molecule has 0 fully saturated rings. The van der Waals surface area contributed by atoms with Crippen molar-refractivity contribution in [3.63, 3.8) is 0 Å². The zero-order valence-electron chi connectivity index (χ0n) is 23.8. The quantitative estimate of drug-likeness (QED) is 0.117. The molecule has 2 rings (SSSR count). The molecule has 2 N–H and O–H groups in total. The molecule has 2 aromatic carbocycles. The molecule has 2 nitrogen and oxygen atoms in total. The molecule has 0 unspecified atom stereocenters. The predicted molar refractivity (Wildman–Crippen MR) is 186 cm³/mol. The largest absolute Gasteiger partial charge is 0.781 e. The summed E-state index contributed by atoms with van der Waals surface area (Å²) in [7, 11) is 3.87. The first kappa shape index (κ1) is 38.9. The molecule has 39 heavy (non-hydrogen) atoms. The van der Waals surface area contributed by atoms with Crippen LogP contribution in [-0.2, 0) is 80.1 Å². The van der Waals surface area contributed by atoms with Crippen LogP contribution in [0.2, 0.25) is 0 Å². The van der Waals surface area contributed by atoms with E-state index in [2.05, 4.69) is 62.6 Å². The van der Waals surface area contributed by atoms with Crippen molar-refractivity contribution in [2.24, 2.45) is 0 Å². The van der Waals surface area contributed by atoms with Crippen molar-refractivity contribution in [2.75, 3.05) is 14.1 Å². The van der Waals surface area contributed by atoms with E-state index >= 15 is 0 Å². The maximum absolute atomic E-state index is 5.55. The summed E-state index contributed by atoms with van der Waals surface area (Å²) in [5.41, 5.74) is 4.46. The van der Waals surface area contributed by atoms with Gasteiger partial charge in [0.05, 0.1) is 0 Å². The molecule has 0 bridgehead atoms. The minimum absolute atomic E-state index is 0. The van der Waals surface area contributed by atoms with Gasteiger partial charge in [0.1, 0.15) is 0 Å². The summed E-state index contributed by atoms with van der Waals surface area (Å²) in [5, 5.41) is 7.53. The van der Waals surface area contributed by atoms with Crippen molar-refractivity contribution in [3.05, 3.63) is 79.3 Å². The number of rotatable bonds is 14. The average molecular weight is 682 g/mol. The molecule has 9 heteroatoms. The van der Waals surface area contributed by atoms with Gasteiger partial charge in [0.15, 0.2) is 0 Å². The standard InChI is InChI=1S/C18H22N2S2.C12H24S4.Ni/c1-19-11-13-3-7-15(8-4-13)17(21)18(22)16-9-5-14(6-10-16)12-20-2;1-5-9(6-2)15-11(13)12(14)16-10(7-3)8-4;/h3-10,19-22H,11-12H2,1-2H3;9-10,13-14H,5-8H2,1-4H3;/p-4/b18-17-;12-11-;. The second kappa shape index (κ2) is 22.5. The average Bonchev–Trinajstić information content (AvgIpc) is 2.95. The number of hydrogen-bond donors (Lipinski definition) is 2. The van der Waals surface area contributed by atoms with Crippen LogP contribution >= 0.6 is 23.5 Å². The SMILES string of the molecule is CCC(CC)S/C([S-])=C(/[S-])SC(CC)CC.CNCc1ccc(/C([S-])=C(/[S-])c2ccc(CNC)cc2)cc1.[Ni]. The minimum Gasteiger partial charge on any atom is -0.781 e. The van der Waals surface area contributed by atoms with Crippen LogP contribution in [0.1, 0.15) is 75.6 Å².